The van der Waals surface area contributed by atoms with Crippen molar-refractivity contribution in [3.8, 4) is 0 Å². The predicted molar refractivity (Wildman–Crippen MR) is 66.4 cm³/mol. The normalized spacial score (nSPS) is 14.0. The molecule has 0 spiro atoms. The van der Waals surface area contributed by atoms with Crippen LogP contribution in [0.15, 0.2) is 30.3 Å². The molecule has 1 unspecified atom stereocenters. The summed E-state index contributed by atoms with van der Waals surface area (Å²) in [6.45, 7) is 4.05. The number of sulfonamides is 1. The number of rotatable bonds is 5. The van der Waals surface area contributed by atoms with Gasteiger partial charge in [0.15, 0.2) is 0 Å². The fraction of sp³-hybridized carbons (Fsp3) is 0.500. The monoisotopic (exact) mass is 241 g/mol. The summed E-state index contributed by atoms with van der Waals surface area (Å²) in [5.74, 6) is 0.440. The Labute approximate surface area is 97.7 Å². The summed E-state index contributed by atoms with van der Waals surface area (Å²) < 4.78 is 22.2. The maximum Gasteiger partial charge on any atom is 0.209 e. The molecule has 2 N–H and O–H groups in total. The second-order valence-electron chi connectivity index (χ2n) is 4.52. The first-order valence-electron chi connectivity index (χ1n) is 5.43. The lowest BCUT2D eigenvalue weighted by Gasteiger charge is -2.19. The van der Waals surface area contributed by atoms with Crippen molar-refractivity contribution in [3.63, 3.8) is 0 Å². The van der Waals surface area contributed by atoms with E-state index in [2.05, 4.69) is 0 Å². The van der Waals surface area contributed by atoms with Gasteiger partial charge in [-0.05, 0) is 23.8 Å². The Morgan fingerprint density at radius 2 is 1.75 bits per heavy atom. The van der Waals surface area contributed by atoms with Crippen LogP contribution >= 0.6 is 0 Å². The summed E-state index contributed by atoms with van der Waals surface area (Å²) in [4.78, 5) is 0. The Kier molecular flexibility index (Phi) is 4.50. The Bertz CT molecular complexity index is 412. The summed E-state index contributed by atoms with van der Waals surface area (Å²) in [7, 11) is -3.39. The van der Waals surface area contributed by atoms with Crippen LogP contribution in [0.25, 0.3) is 0 Å². The molecule has 1 aromatic rings. The van der Waals surface area contributed by atoms with Gasteiger partial charge in [0.1, 0.15) is 0 Å². The van der Waals surface area contributed by atoms with Crippen LogP contribution in [0.3, 0.4) is 0 Å². The molecule has 4 heteroatoms. The van der Waals surface area contributed by atoms with Gasteiger partial charge < -0.3 is 0 Å². The second-order valence-corrected chi connectivity index (χ2v) is 6.18. The fourth-order valence-electron chi connectivity index (χ4n) is 1.70. The van der Waals surface area contributed by atoms with E-state index in [9.17, 15) is 8.42 Å². The number of nitrogens with two attached hydrogens (primary N) is 1. The standard InChI is InChI=1S/C12H19NO2S/c1-10(2)12(9-16(13,14)15)8-11-6-4-3-5-7-11/h3-7,10,12H,8-9H2,1-2H3,(H2,13,14,15). The van der Waals surface area contributed by atoms with Crippen molar-refractivity contribution in [2.75, 3.05) is 5.75 Å². The summed E-state index contributed by atoms with van der Waals surface area (Å²) in [6, 6.07) is 9.90. The zero-order valence-electron chi connectivity index (χ0n) is 9.76. The van der Waals surface area contributed by atoms with Gasteiger partial charge in [-0.2, -0.15) is 0 Å². The van der Waals surface area contributed by atoms with Gasteiger partial charge in [-0.1, -0.05) is 44.2 Å². The first kappa shape index (κ1) is 13.2. The zero-order chi connectivity index (χ0) is 12.2. The molecule has 16 heavy (non-hydrogen) atoms. The summed E-state index contributed by atoms with van der Waals surface area (Å²) >= 11 is 0. The van der Waals surface area contributed by atoms with E-state index in [1.54, 1.807) is 0 Å². The van der Waals surface area contributed by atoms with E-state index in [-0.39, 0.29) is 11.7 Å². The van der Waals surface area contributed by atoms with Gasteiger partial charge in [0, 0.05) is 0 Å². The molecule has 0 heterocycles. The highest BCUT2D eigenvalue weighted by molar-refractivity contribution is 7.89. The molecule has 1 atom stereocenters. The SMILES string of the molecule is CC(C)C(Cc1ccccc1)CS(N)(=O)=O. The van der Waals surface area contributed by atoms with Crippen molar-refractivity contribution < 1.29 is 8.42 Å². The summed E-state index contributed by atoms with van der Waals surface area (Å²) in [6.07, 6.45) is 0.759. The predicted octanol–water partition coefficient (Wildman–Crippen LogP) is 1.79. The molecule has 1 aromatic carbocycles. The van der Waals surface area contributed by atoms with Crippen LogP contribution in [0.5, 0.6) is 0 Å². The smallest absolute Gasteiger partial charge is 0.209 e. The second kappa shape index (κ2) is 5.46. The lowest BCUT2D eigenvalue weighted by Crippen LogP contribution is -2.27. The highest BCUT2D eigenvalue weighted by Crippen LogP contribution is 2.18. The van der Waals surface area contributed by atoms with Crippen LogP contribution in [0, 0.1) is 11.8 Å². The zero-order valence-corrected chi connectivity index (χ0v) is 10.6. The maximum atomic E-state index is 11.1. The van der Waals surface area contributed by atoms with Crippen LogP contribution in [-0.2, 0) is 16.4 Å². The molecule has 0 saturated carbocycles. The summed E-state index contributed by atoms with van der Waals surface area (Å²) in [5.41, 5.74) is 1.16. The Morgan fingerprint density at radius 1 is 1.19 bits per heavy atom. The van der Waals surface area contributed by atoms with Crippen molar-refractivity contribution >= 4 is 10.0 Å². The van der Waals surface area contributed by atoms with Gasteiger partial charge in [0.05, 0.1) is 5.75 Å². The van der Waals surface area contributed by atoms with Gasteiger partial charge in [0.25, 0.3) is 0 Å². The van der Waals surface area contributed by atoms with Crippen molar-refractivity contribution in [1.82, 2.24) is 0 Å². The molecule has 0 bridgehead atoms. The third-order valence-corrected chi connectivity index (χ3v) is 3.62. The Morgan fingerprint density at radius 3 is 2.19 bits per heavy atom. The minimum Gasteiger partial charge on any atom is -0.229 e. The van der Waals surface area contributed by atoms with Crippen LogP contribution < -0.4 is 5.14 Å². The lowest BCUT2D eigenvalue weighted by molar-refractivity contribution is 0.415. The van der Waals surface area contributed by atoms with Crippen molar-refractivity contribution in [2.24, 2.45) is 17.0 Å². The number of hydrogen-bond acceptors (Lipinski definition) is 2. The molecule has 90 valence electrons. The highest BCUT2D eigenvalue weighted by atomic mass is 32.2. The molecule has 0 amide bonds. The van der Waals surface area contributed by atoms with Gasteiger partial charge in [-0.3, -0.25) is 0 Å². The minimum atomic E-state index is -3.39. The molecule has 0 fully saturated rings. The van der Waals surface area contributed by atoms with Gasteiger partial charge in [0.2, 0.25) is 10.0 Å². The van der Waals surface area contributed by atoms with Crippen molar-refractivity contribution in [3.05, 3.63) is 35.9 Å². The third kappa shape index (κ3) is 4.77. The largest absolute Gasteiger partial charge is 0.229 e. The van der Waals surface area contributed by atoms with Gasteiger partial charge in [-0.25, -0.2) is 13.6 Å². The lowest BCUT2D eigenvalue weighted by atomic mass is 9.91. The van der Waals surface area contributed by atoms with E-state index >= 15 is 0 Å². The average Bonchev–Trinajstić information content (AvgIpc) is 2.16. The molecule has 0 saturated heterocycles. The Hall–Kier alpha value is -0.870. The molecule has 3 nitrogen and oxygen atoms in total. The number of primary sulfonamides is 1. The molecule has 0 radical (unpaired) electrons. The molecular formula is C12H19NO2S. The summed E-state index contributed by atoms with van der Waals surface area (Å²) in [5, 5.41) is 5.10. The van der Waals surface area contributed by atoms with E-state index < -0.39 is 10.0 Å². The number of benzene rings is 1. The topological polar surface area (TPSA) is 60.2 Å². The Balaban J connectivity index is 2.73. The van der Waals surface area contributed by atoms with Gasteiger partial charge in [-0.15, -0.1) is 0 Å². The van der Waals surface area contributed by atoms with Crippen LogP contribution in [0.1, 0.15) is 19.4 Å². The minimum absolute atomic E-state index is 0.0551. The molecule has 0 aliphatic rings. The number of hydrogen-bond donors (Lipinski definition) is 1. The quantitative estimate of drug-likeness (QED) is 0.854. The van der Waals surface area contributed by atoms with Crippen LogP contribution in [0.4, 0.5) is 0 Å². The molecule has 0 aliphatic carbocycles. The fourth-order valence-corrected chi connectivity index (χ4v) is 2.80. The van der Waals surface area contributed by atoms with E-state index in [1.807, 2.05) is 44.2 Å². The van der Waals surface area contributed by atoms with Gasteiger partial charge >= 0.3 is 0 Å². The van der Waals surface area contributed by atoms with E-state index in [4.69, 9.17) is 5.14 Å². The molecule has 1 rings (SSSR count). The van der Waals surface area contributed by atoms with E-state index in [0.717, 1.165) is 12.0 Å². The average molecular weight is 241 g/mol. The first-order chi connectivity index (χ1) is 7.38. The van der Waals surface area contributed by atoms with Crippen molar-refractivity contribution in [1.29, 1.82) is 0 Å². The van der Waals surface area contributed by atoms with E-state index in [1.165, 1.54) is 0 Å². The van der Waals surface area contributed by atoms with Crippen LogP contribution in [-0.4, -0.2) is 14.2 Å². The maximum absolute atomic E-state index is 11.1. The highest BCUT2D eigenvalue weighted by Gasteiger charge is 2.19. The van der Waals surface area contributed by atoms with Crippen molar-refractivity contribution in [2.45, 2.75) is 20.3 Å². The third-order valence-electron chi connectivity index (χ3n) is 2.73. The first-order valence-corrected chi connectivity index (χ1v) is 7.14. The molecule has 0 aromatic heterocycles. The van der Waals surface area contributed by atoms with E-state index in [0.29, 0.717) is 5.92 Å². The molecule has 0 aliphatic heterocycles. The molecular weight excluding hydrogens is 222 g/mol. The van der Waals surface area contributed by atoms with Crippen LogP contribution in [0.2, 0.25) is 0 Å².